The van der Waals surface area contributed by atoms with Crippen LogP contribution in [0.4, 0.5) is 11.8 Å². The van der Waals surface area contributed by atoms with Crippen LogP contribution in [0.3, 0.4) is 0 Å². The molecule has 2 atom stereocenters. The van der Waals surface area contributed by atoms with Gasteiger partial charge in [-0.2, -0.15) is 5.26 Å². The highest BCUT2D eigenvalue weighted by atomic mass is 16.5. The highest BCUT2D eigenvalue weighted by Crippen LogP contribution is 2.25. The van der Waals surface area contributed by atoms with Crippen LogP contribution < -0.4 is 16.4 Å². The first kappa shape index (κ1) is 18.3. The standard InChI is InChI=1S/C18H25N7O/c1-10(9-26-3)11(2)22-17-16-12(4-15(7-19)23-17)8-21-18(25-16)24-14-5-13(20)6-14/h4,8,10-11,13-14H,5-6,9,20H2,1-3H3,(H,22,23)(H,21,24,25)/t10?,11-,13-,14-/m0/s1. The summed E-state index contributed by atoms with van der Waals surface area (Å²) in [6.07, 6.45) is 3.56. The van der Waals surface area contributed by atoms with Gasteiger partial charge in [0, 0.05) is 36.8 Å². The third kappa shape index (κ3) is 4.00. The number of anilines is 2. The number of methoxy groups -OCH3 is 1. The predicted octanol–water partition coefficient (Wildman–Crippen LogP) is 1.88. The summed E-state index contributed by atoms with van der Waals surface area (Å²) < 4.78 is 5.23. The average molecular weight is 355 g/mol. The van der Waals surface area contributed by atoms with Crippen LogP contribution in [0.5, 0.6) is 0 Å². The van der Waals surface area contributed by atoms with E-state index in [1.54, 1.807) is 19.4 Å². The van der Waals surface area contributed by atoms with Crippen LogP contribution in [0.1, 0.15) is 32.4 Å². The van der Waals surface area contributed by atoms with Gasteiger partial charge in [0.2, 0.25) is 5.95 Å². The van der Waals surface area contributed by atoms with E-state index in [0.29, 0.717) is 35.6 Å². The van der Waals surface area contributed by atoms with Crippen molar-refractivity contribution in [2.45, 2.75) is 44.8 Å². The third-order valence-electron chi connectivity index (χ3n) is 4.84. The second kappa shape index (κ2) is 7.81. The Kier molecular flexibility index (Phi) is 5.49. The van der Waals surface area contributed by atoms with E-state index in [4.69, 9.17) is 10.5 Å². The molecule has 3 rings (SSSR count). The summed E-state index contributed by atoms with van der Waals surface area (Å²) in [7, 11) is 1.69. The summed E-state index contributed by atoms with van der Waals surface area (Å²) in [5.74, 6) is 1.42. The number of nitriles is 1. The fourth-order valence-electron chi connectivity index (χ4n) is 2.99. The van der Waals surface area contributed by atoms with Crippen molar-refractivity contribution in [1.82, 2.24) is 15.0 Å². The van der Waals surface area contributed by atoms with Crippen molar-refractivity contribution in [2.75, 3.05) is 24.4 Å². The zero-order valence-electron chi connectivity index (χ0n) is 15.4. The molecular formula is C18H25N7O. The van der Waals surface area contributed by atoms with Crippen LogP contribution >= 0.6 is 0 Å². The zero-order chi connectivity index (χ0) is 18.7. The van der Waals surface area contributed by atoms with Crippen LogP contribution in [-0.2, 0) is 4.74 Å². The lowest BCUT2D eigenvalue weighted by molar-refractivity contribution is 0.153. The average Bonchev–Trinajstić information content (AvgIpc) is 2.60. The van der Waals surface area contributed by atoms with Gasteiger partial charge in [-0.05, 0) is 31.7 Å². The Balaban J connectivity index is 1.89. The molecule has 1 saturated carbocycles. The number of nitrogens with one attached hydrogen (secondary N) is 2. The summed E-state index contributed by atoms with van der Waals surface area (Å²) in [4.78, 5) is 13.4. The van der Waals surface area contributed by atoms with E-state index in [9.17, 15) is 5.26 Å². The van der Waals surface area contributed by atoms with E-state index in [1.807, 2.05) is 0 Å². The van der Waals surface area contributed by atoms with Crippen molar-refractivity contribution in [3.05, 3.63) is 18.0 Å². The van der Waals surface area contributed by atoms with Crippen molar-refractivity contribution in [3.8, 4) is 6.07 Å². The second-order valence-electron chi connectivity index (χ2n) is 7.04. The van der Waals surface area contributed by atoms with Gasteiger partial charge in [-0.25, -0.2) is 15.0 Å². The molecule has 1 unspecified atom stereocenters. The Labute approximate surface area is 153 Å². The molecule has 0 spiro atoms. The SMILES string of the molecule is COCC(C)[C@H](C)Nc1nc(C#N)cc2cnc(N[C@H]3C[C@H](N)C3)nc12. The van der Waals surface area contributed by atoms with E-state index in [2.05, 4.69) is 45.5 Å². The van der Waals surface area contributed by atoms with Gasteiger partial charge in [0.1, 0.15) is 17.3 Å². The van der Waals surface area contributed by atoms with Crippen LogP contribution in [0.2, 0.25) is 0 Å². The molecule has 2 heterocycles. The number of pyridine rings is 1. The molecule has 26 heavy (non-hydrogen) atoms. The second-order valence-corrected chi connectivity index (χ2v) is 7.04. The van der Waals surface area contributed by atoms with E-state index in [1.165, 1.54) is 0 Å². The number of fused-ring (bicyclic) bond motifs is 1. The highest BCUT2D eigenvalue weighted by Gasteiger charge is 2.26. The van der Waals surface area contributed by atoms with Crippen LogP contribution in [-0.4, -0.2) is 46.8 Å². The Hall–Kier alpha value is -2.50. The normalized spacial score (nSPS) is 21.5. The Morgan fingerprint density at radius 1 is 1.38 bits per heavy atom. The summed E-state index contributed by atoms with van der Waals surface area (Å²) in [5, 5.41) is 16.7. The maximum Gasteiger partial charge on any atom is 0.223 e. The predicted molar refractivity (Wildman–Crippen MR) is 101 cm³/mol. The molecule has 0 radical (unpaired) electrons. The monoisotopic (exact) mass is 355 g/mol. The fourth-order valence-corrected chi connectivity index (χ4v) is 2.99. The summed E-state index contributed by atoms with van der Waals surface area (Å²) >= 11 is 0. The molecule has 0 aliphatic heterocycles. The Morgan fingerprint density at radius 3 is 2.81 bits per heavy atom. The van der Waals surface area contributed by atoms with Gasteiger partial charge in [-0.15, -0.1) is 0 Å². The van der Waals surface area contributed by atoms with Crippen molar-refractivity contribution in [3.63, 3.8) is 0 Å². The molecule has 0 amide bonds. The number of ether oxygens (including phenoxy) is 1. The molecule has 1 aliphatic rings. The first-order valence-corrected chi connectivity index (χ1v) is 8.85. The lowest BCUT2D eigenvalue weighted by atomic mass is 9.88. The van der Waals surface area contributed by atoms with Crippen molar-refractivity contribution in [1.29, 1.82) is 5.26 Å². The van der Waals surface area contributed by atoms with Crippen LogP contribution in [0.25, 0.3) is 10.9 Å². The largest absolute Gasteiger partial charge is 0.384 e. The van der Waals surface area contributed by atoms with E-state index >= 15 is 0 Å². The highest BCUT2D eigenvalue weighted by molar-refractivity contribution is 5.89. The number of nitrogens with two attached hydrogens (primary N) is 1. The molecule has 4 N–H and O–H groups in total. The molecular weight excluding hydrogens is 330 g/mol. The number of hydrogen-bond donors (Lipinski definition) is 3. The fraction of sp³-hybridized carbons (Fsp3) is 0.556. The minimum Gasteiger partial charge on any atom is -0.384 e. The van der Waals surface area contributed by atoms with Crippen LogP contribution in [0, 0.1) is 17.2 Å². The van der Waals surface area contributed by atoms with E-state index < -0.39 is 0 Å². The molecule has 8 nitrogen and oxygen atoms in total. The number of aromatic nitrogens is 3. The summed E-state index contributed by atoms with van der Waals surface area (Å²) in [6.45, 7) is 4.79. The first-order chi connectivity index (χ1) is 12.5. The third-order valence-corrected chi connectivity index (χ3v) is 4.84. The van der Waals surface area contributed by atoms with Gasteiger partial charge in [-0.1, -0.05) is 6.92 Å². The van der Waals surface area contributed by atoms with Crippen molar-refractivity contribution >= 4 is 22.7 Å². The molecule has 0 aromatic carbocycles. The minimum absolute atomic E-state index is 0.107. The molecule has 2 aromatic rings. The zero-order valence-corrected chi connectivity index (χ0v) is 15.4. The summed E-state index contributed by atoms with van der Waals surface area (Å²) in [6, 6.07) is 4.47. The minimum atomic E-state index is 0.107. The quantitative estimate of drug-likeness (QED) is 0.688. The molecule has 0 bridgehead atoms. The van der Waals surface area contributed by atoms with Crippen LogP contribution in [0.15, 0.2) is 12.3 Å². The van der Waals surface area contributed by atoms with Gasteiger partial charge in [0.05, 0.1) is 6.61 Å². The first-order valence-electron chi connectivity index (χ1n) is 8.85. The van der Waals surface area contributed by atoms with E-state index in [-0.39, 0.29) is 18.0 Å². The van der Waals surface area contributed by atoms with Crippen molar-refractivity contribution < 1.29 is 4.74 Å². The topological polar surface area (TPSA) is 122 Å². The molecule has 1 fully saturated rings. The smallest absolute Gasteiger partial charge is 0.223 e. The Morgan fingerprint density at radius 2 is 2.15 bits per heavy atom. The maximum absolute atomic E-state index is 9.26. The maximum atomic E-state index is 9.26. The lowest BCUT2D eigenvalue weighted by Crippen LogP contribution is -2.44. The number of rotatable bonds is 7. The number of nitrogens with zero attached hydrogens (tertiary/aromatic N) is 4. The number of hydrogen-bond acceptors (Lipinski definition) is 8. The molecule has 0 saturated heterocycles. The molecule has 1 aliphatic carbocycles. The van der Waals surface area contributed by atoms with Gasteiger partial charge >= 0.3 is 0 Å². The molecule has 8 heteroatoms. The van der Waals surface area contributed by atoms with Crippen molar-refractivity contribution in [2.24, 2.45) is 11.7 Å². The lowest BCUT2D eigenvalue weighted by Gasteiger charge is -2.32. The molecule has 2 aromatic heterocycles. The van der Waals surface area contributed by atoms with Gasteiger partial charge in [0.15, 0.2) is 5.82 Å². The van der Waals surface area contributed by atoms with Gasteiger partial charge < -0.3 is 21.1 Å². The molecule has 138 valence electrons. The van der Waals surface area contributed by atoms with Gasteiger partial charge in [-0.3, -0.25) is 0 Å². The Bertz CT molecular complexity index is 813. The summed E-state index contributed by atoms with van der Waals surface area (Å²) in [5.41, 5.74) is 6.87. The van der Waals surface area contributed by atoms with E-state index in [0.717, 1.165) is 18.2 Å². The van der Waals surface area contributed by atoms with Gasteiger partial charge in [0.25, 0.3) is 0 Å².